The number of nitriles is 1. The Hall–Kier alpha value is -1.95. The van der Waals surface area contributed by atoms with Crippen molar-refractivity contribution in [1.29, 1.82) is 5.26 Å². The first-order valence-electron chi connectivity index (χ1n) is 5.18. The molecule has 0 aliphatic carbocycles. The lowest BCUT2D eigenvalue weighted by atomic mass is 10.1. The molecule has 0 saturated carbocycles. The zero-order chi connectivity index (χ0) is 11.7. The lowest BCUT2D eigenvalue weighted by Crippen LogP contribution is -1.91. The van der Waals surface area contributed by atoms with Crippen LogP contribution in [0.15, 0.2) is 18.2 Å². The van der Waals surface area contributed by atoms with Gasteiger partial charge in [0.25, 0.3) is 0 Å². The Balaban J connectivity index is 2.77. The molecule has 0 unspecified atom stereocenters. The molecule has 3 nitrogen and oxygen atoms in total. The number of nitrogens with zero attached hydrogens (tertiary/aromatic N) is 2. The van der Waals surface area contributed by atoms with Gasteiger partial charge < -0.3 is 9.30 Å². The van der Waals surface area contributed by atoms with Crippen molar-refractivity contribution in [3.8, 4) is 11.8 Å². The molecule has 0 bridgehead atoms. The predicted molar refractivity (Wildman–Crippen MR) is 63.5 cm³/mol. The highest BCUT2D eigenvalue weighted by Crippen LogP contribution is 2.28. The predicted octanol–water partition coefficient (Wildman–Crippen LogP) is 2.56. The number of hydrogen-bond donors (Lipinski definition) is 0. The Labute approximate surface area is 94.9 Å². The minimum Gasteiger partial charge on any atom is -0.497 e. The van der Waals surface area contributed by atoms with E-state index in [0.29, 0.717) is 6.42 Å². The van der Waals surface area contributed by atoms with E-state index in [2.05, 4.69) is 10.6 Å². The molecule has 0 amide bonds. The van der Waals surface area contributed by atoms with E-state index in [0.717, 1.165) is 27.9 Å². The average Bonchev–Trinajstić information content (AvgIpc) is 2.54. The first kappa shape index (κ1) is 10.6. The molecule has 0 radical (unpaired) electrons. The summed E-state index contributed by atoms with van der Waals surface area (Å²) in [6, 6.07) is 8.18. The third-order valence-corrected chi connectivity index (χ3v) is 3.09. The van der Waals surface area contributed by atoms with Crippen LogP contribution in [0.2, 0.25) is 0 Å². The fourth-order valence-corrected chi connectivity index (χ4v) is 2.06. The molecule has 1 aromatic carbocycles. The molecule has 82 valence electrons. The first-order chi connectivity index (χ1) is 7.69. The summed E-state index contributed by atoms with van der Waals surface area (Å²) < 4.78 is 7.32. The largest absolute Gasteiger partial charge is 0.497 e. The Kier molecular flexibility index (Phi) is 2.57. The lowest BCUT2D eigenvalue weighted by Gasteiger charge is -2.00. The lowest BCUT2D eigenvalue weighted by molar-refractivity contribution is 0.415. The van der Waals surface area contributed by atoms with Gasteiger partial charge >= 0.3 is 0 Å². The van der Waals surface area contributed by atoms with Crippen molar-refractivity contribution in [3.63, 3.8) is 0 Å². The van der Waals surface area contributed by atoms with Gasteiger partial charge in [-0.25, -0.2) is 0 Å². The molecule has 0 atom stereocenters. The normalized spacial score (nSPS) is 10.4. The number of aryl methyl sites for hydroxylation is 1. The maximum atomic E-state index is 8.85. The molecule has 2 aromatic rings. The molecule has 0 aliphatic heterocycles. The second kappa shape index (κ2) is 3.90. The smallest absolute Gasteiger partial charge is 0.119 e. The van der Waals surface area contributed by atoms with Crippen LogP contribution in [0.5, 0.6) is 5.75 Å². The van der Waals surface area contributed by atoms with E-state index < -0.39 is 0 Å². The highest BCUT2D eigenvalue weighted by molar-refractivity contribution is 5.87. The topological polar surface area (TPSA) is 37.9 Å². The van der Waals surface area contributed by atoms with Gasteiger partial charge in [-0.1, -0.05) is 0 Å². The van der Waals surface area contributed by atoms with E-state index in [1.807, 2.05) is 32.2 Å². The van der Waals surface area contributed by atoms with Crippen molar-refractivity contribution in [2.75, 3.05) is 7.11 Å². The Morgan fingerprint density at radius 1 is 1.44 bits per heavy atom. The van der Waals surface area contributed by atoms with Crippen LogP contribution in [0.25, 0.3) is 10.9 Å². The number of hydrogen-bond acceptors (Lipinski definition) is 2. The van der Waals surface area contributed by atoms with Gasteiger partial charge in [0.15, 0.2) is 0 Å². The number of fused-ring (bicyclic) bond motifs is 1. The Morgan fingerprint density at radius 2 is 2.19 bits per heavy atom. The highest BCUT2D eigenvalue weighted by Gasteiger charge is 2.11. The van der Waals surface area contributed by atoms with Gasteiger partial charge in [-0.05, 0) is 30.7 Å². The van der Waals surface area contributed by atoms with E-state index in [1.54, 1.807) is 7.11 Å². The summed E-state index contributed by atoms with van der Waals surface area (Å²) in [4.78, 5) is 0. The summed E-state index contributed by atoms with van der Waals surface area (Å²) in [5, 5.41) is 9.96. The van der Waals surface area contributed by atoms with Crippen LogP contribution in [0.1, 0.15) is 11.3 Å². The highest BCUT2D eigenvalue weighted by atomic mass is 16.5. The Bertz CT molecular complexity index is 576. The van der Waals surface area contributed by atoms with Crippen LogP contribution in [0, 0.1) is 18.3 Å². The summed E-state index contributed by atoms with van der Waals surface area (Å²) in [7, 11) is 3.67. The van der Waals surface area contributed by atoms with Crippen molar-refractivity contribution in [2.24, 2.45) is 7.05 Å². The van der Waals surface area contributed by atoms with E-state index in [-0.39, 0.29) is 0 Å². The van der Waals surface area contributed by atoms with E-state index in [4.69, 9.17) is 10.00 Å². The van der Waals surface area contributed by atoms with Gasteiger partial charge in [0, 0.05) is 23.6 Å². The second-order valence-electron chi connectivity index (χ2n) is 3.84. The minimum absolute atomic E-state index is 0.441. The third-order valence-electron chi connectivity index (χ3n) is 3.09. The molecule has 3 heteroatoms. The van der Waals surface area contributed by atoms with Crippen LogP contribution < -0.4 is 4.74 Å². The van der Waals surface area contributed by atoms with Crippen molar-refractivity contribution in [1.82, 2.24) is 4.57 Å². The molecule has 0 N–H and O–H groups in total. The van der Waals surface area contributed by atoms with Crippen LogP contribution in [0.3, 0.4) is 0 Å². The van der Waals surface area contributed by atoms with Crippen LogP contribution in [-0.2, 0) is 13.5 Å². The maximum Gasteiger partial charge on any atom is 0.119 e. The summed E-state index contributed by atoms with van der Waals surface area (Å²) >= 11 is 0. The molecule has 0 saturated heterocycles. The quantitative estimate of drug-likeness (QED) is 0.770. The van der Waals surface area contributed by atoms with Gasteiger partial charge in [0.1, 0.15) is 5.75 Å². The third kappa shape index (κ3) is 1.43. The van der Waals surface area contributed by atoms with Crippen molar-refractivity contribution in [3.05, 3.63) is 29.5 Å². The summed E-state index contributed by atoms with van der Waals surface area (Å²) in [5.74, 6) is 0.831. The van der Waals surface area contributed by atoms with E-state index >= 15 is 0 Å². The zero-order valence-electron chi connectivity index (χ0n) is 9.74. The van der Waals surface area contributed by atoms with Gasteiger partial charge in [-0.15, -0.1) is 0 Å². The maximum absolute atomic E-state index is 8.85. The molecular weight excluding hydrogens is 200 g/mol. The fourth-order valence-electron chi connectivity index (χ4n) is 2.06. The monoisotopic (exact) mass is 214 g/mol. The van der Waals surface area contributed by atoms with E-state index in [9.17, 15) is 0 Å². The molecule has 0 spiro atoms. The van der Waals surface area contributed by atoms with Gasteiger partial charge in [0.05, 0.1) is 19.6 Å². The van der Waals surface area contributed by atoms with Crippen LogP contribution in [0.4, 0.5) is 0 Å². The number of methoxy groups -OCH3 is 1. The van der Waals surface area contributed by atoms with Crippen LogP contribution >= 0.6 is 0 Å². The minimum atomic E-state index is 0.441. The average molecular weight is 214 g/mol. The van der Waals surface area contributed by atoms with Crippen molar-refractivity contribution < 1.29 is 4.74 Å². The van der Waals surface area contributed by atoms with Gasteiger partial charge in [-0.3, -0.25) is 0 Å². The second-order valence-corrected chi connectivity index (χ2v) is 3.84. The van der Waals surface area contributed by atoms with Crippen molar-refractivity contribution >= 4 is 10.9 Å². The zero-order valence-corrected chi connectivity index (χ0v) is 9.74. The van der Waals surface area contributed by atoms with Crippen molar-refractivity contribution in [2.45, 2.75) is 13.3 Å². The summed E-state index contributed by atoms with van der Waals surface area (Å²) in [6.07, 6.45) is 0.441. The molecular formula is C13H14N2O. The summed E-state index contributed by atoms with van der Waals surface area (Å²) in [6.45, 7) is 2.04. The number of ether oxygens (including phenoxy) is 1. The Morgan fingerprint density at radius 3 is 2.81 bits per heavy atom. The molecule has 0 aliphatic rings. The van der Waals surface area contributed by atoms with E-state index in [1.165, 1.54) is 0 Å². The number of benzene rings is 1. The molecule has 1 aromatic heterocycles. The molecule has 16 heavy (non-hydrogen) atoms. The molecule has 0 fully saturated rings. The number of aromatic nitrogens is 1. The van der Waals surface area contributed by atoms with Gasteiger partial charge in [-0.2, -0.15) is 5.26 Å². The molecule has 2 rings (SSSR count). The number of rotatable bonds is 2. The first-order valence-corrected chi connectivity index (χ1v) is 5.18. The van der Waals surface area contributed by atoms with Crippen LogP contribution in [-0.4, -0.2) is 11.7 Å². The van der Waals surface area contributed by atoms with Gasteiger partial charge in [0.2, 0.25) is 0 Å². The molecule has 1 heterocycles. The summed E-state index contributed by atoms with van der Waals surface area (Å²) in [5.41, 5.74) is 3.38. The fraction of sp³-hybridized carbons (Fsp3) is 0.308. The standard InChI is InChI=1S/C13H14N2O/c1-9-11(6-7-14)12-8-10(16-3)4-5-13(12)15(9)2/h4-5,8H,6H2,1-3H3. The SMILES string of the molecule is COc1ccc2c(c1)c(CC#N)c(C)n2C.